The first-order chi connectivity index (χ1) is 6.89. The summed E-state index contributed by atoms with van der Waals surface area (Å²) in [5.74, 6) is 7.72. The van der Waals surface area contributed by atoms with Crippen LogP contribution in [-0.4, -0.2) is 0 Å². The van der Waals surface area contributed by atoms with Crippen LogP contribution in [0.5, 0.6) is 0 Å². The molecule has 3 spiro atoms. The molecule has 0 aromatic carbocycles. The minimum absolute atomic E-state index is 1.02. The Morgan fingerprint density at radius 3 is 2.64 bits per heavy atom. The smallest absolute Gasteiger partial charge is 0.0108 e. The fourth-order valence-electron chi connectivity index (χ4n) is 9.56. The maximum Gasteiger partial charge on any atom is -0.0108 e. The Hall–Kier alpha value is 0. The largest absolute Gasteiger partial charge is 0.0490 e. The molecule has 7 aliphatic carbocycles. The van der Waals surface area contributed by atoms with Crippen LogP contribution in [0.15, 0.2) is 0 Å². The summed E-state index contributed by atoms with van der Waals surface area (Å²) in [5, 5.41) is 0. The van der Waals surface area contributed by atoms with Crippen molar-refractivity contribution in [2.45, 2.75) is 32.1 Å². The predicted octanol–water partition coefficient (Wildman–Crippen LogP) is 2.69. The van der Waals surface area contributed by atoms with Crippen LogP contribution in [0.25, 0.3) is 0 Å². The average Bonchev–Trinajstić information content (AvgIpc) is 2.07. The summed E-state index contributed by atoms with van der Waals surface area (Å²) in [7, 11) is 0. The molecule has 0 nitrogen and oxygen atoms in total. The van der Waals surface area contributed by atoms with E-state index < -0.39 is 0 Å². The van der Waals surface area contributed by atoms with Crippen LogP contribution in [0.1, 0.15) is 32.1 Å². The van der Waals surface area contributed by atoms with E-state index in [1.54, 1.807) is 32.1 Å². The second-order valence-corrected chi connectivity index (χ2v) is 7.82. The molecule has 14 heavy (non-hydrogen) atoms. The predicted molar refractivity (Wildman–Crippen MR) is 51.3 cm³/mol. The van der Waals surface area contributed by atoms with Gasteiger partial charge >= 0.3 is 0 Å². The van der Waals surface area contributed by atoms with Crippen LogP contribution in [0, 0.1) is 51.8 Å². The highest BCUT2D eigenvalue weighted by Gasteiger charge is 3.08. The molecular weight excluding hydrogens is 168 g/mol. The molecule has 0 saturated heterocycles. The van der Waals surface area contributed by atoms with Gasteiger partial charge in [-0.3, -0.25) is 0 Å². The topological polar surface area (TPSA) is 0 Å². The van der Waals surface area contributed by atoms with Gasteiger partial charge in [0, 0.05) is 0 Å². The third-order valence-electron chi connectivity index (χ3n) is 9.18. The van der Waals surface area contributed by atoms with E-state index in [1.165, 1.54) is 35.5 Å². The molecule has 0 radical (unpaired) electrons. The first-order valence-corrected chi connectivity index (χ1v) is 6.89. The summed E-state index contributed by atoms with van der Waals surface area (Å²) in [6, 6.07) is 0. The van der Waals surface area contributed by atoms with Crippen LogP contribution in [0.2, 0.25) is 0 Å². The molecular formula is C14H16. The van der Waals surface area contributed by atoms with E-state index in [0.29, 0.717) is 0 Å². The molecule has 7 fully saturated rings. The van der Waals surface area contributed by atoms with E-state index in [9.17, 15) is 0 Å². The summed E-state index contributed by atoms with van der Waals surface area (Å²) in [5.41, 5.74) is 3.16. The van der Waals surface area contributed by atoms with Gasteiger partial charge in [-0.25, -0.2) is 0 Å². The number of hydrogen-bond donors (Lipinski definition) is 0. The SMILES string of the molecule is C1CC23CC4C5CC6CC7C(C12)C43C657. The van der Waals surface area contributed by atoms with Gasteiger partial charge in [-0.15, -0.1) is 0 Å². The van der Waals surface area contributed by atoms with E-state index in [4.69, 9.17) is 0 Å². The van der Waals surface area contributed by atoms with Crippen LogP contribution >= 0.6 is 0 Å². The van der Waals surface area contributed by atoms with Gasteiger partial charge in [-0.05, 0) is 83.9 Å². The lowest BCUT2D eigenvalue weighted by Gasteiger charge is -3.12. The highest BCUT2D eigenvalue weighted by Crippen LogP contribution is 3.12. The zero-order valence-corrected chi connectivity index (χ0v) is 8.50. The monoisotopic (exact) mass is 184 g/mol. The van der Waals surface area contributed by atoms with Crippen molar-refractivity contribution in [1.82, 2.24) is 0 Å². The van der Waals surface area contributed by atoms with Crippen molar-refractivity contribution in [2.75, 3.05) is 0 Å². The number of fused-ring (bicyclic) bond motifs is 3. The molecule has 72 valence electrons. The highest BCUT2D eigenvalue weighted by atomic mass is 15.1. The summed E-state index contributed by atoms with van der Waals surface area (Å²) in [6.45, 7) is 0. The van der Waals surface area contributed by atoms with Crippen molar-refractivity contribution in [3.05, 3.63) is 0 Å². The molecule has 0 aliphatic heterocycles. The minimum Gasteiger partial charge on any atom is -0.0490 e. The maximum absolute atomic E-state index is 1.71. The van der Waals surface area contributed by atoms with Gasteiger partial charge in [-0.1, -0.05) is 0 Å². The maximum atomic E-state index is 1.71. The standard InChI is InChI=1S/C14H16/c1-2-12-5-10-8-3-6-4-9-11(7(1)12)14(10,12)13(6,8)9/h6-11H,1-5H2. The molecule has 0 aromatic heterocycles. The Balaban J connectivity index is 1.58. The molecule has 7 saturated carbocycles. The fourth-order valence-corrected chi connectivity index (χ4v) is 9.56. The van der Waals surface area contributed by atoms with Gasteiger partial charge < -0.3 is 0 Å². The Bertz CT molecular complexity index is 439. The van der Waals surface area contributed by atoms with Crippen molar-refractivity contribution < 1.29 is 0 Å². The Morgan fingerprint density at radius 2 is 1.86 bits per heavy atom. The minimum atomic E-state index is 1.02. The van der Waals surface area contributed by atoms with E-state index >= 15 is 0 Å². The Labute approximate surface area is 84.4 Å². The van der Waals surface area contributed by atoms with E-state index in [1.807, 2.05) is 0 Å². The van der Waals surface area contributed by atoms with Gasteiger partial charge in [0.05, 0.1) is 0 Å². The van der Waals surface area contributed by atoms with Gasteiger partial charge in [0.1, 0.15) is 0 Å². The number of rotatable bonds is 0. The molecule has 0 amide bonds. The molecule has 0 heterocycles. The van der Waals surface area contributed by atoms with Crippen LogP contribution < -0.4 is 0 Å². The van der Waals surface area contributed by atoms with Crippen molar-refractivity contribution in [1.29, 1.82) is 0 Å². The molecule has 0 heteroatoms. The van der Waals surface area contributed by atoms with Gasteiger partial charge in [-0.2, -0.15) is 0 Å². The highest BCUT2D eigenvalue weighted by molar-refractivity contribution is 5.55. The van der Waals surface area contributed by atoms with Crippen molar-refractivity contribution in [3.8, 4) is 0 Å². The molecule has 0 bridgehead atoms. The first-order valence-electron chi connectivity index (χ1n) is 6.89. The molecule has 7 rings (SSSR count). The summed E-state index contributed by atoms with van der Waals surface area (Å²) >= 11 is 0. The van der Waals surface area contributed by atoms with Crippen LogP contribution in [0.4, 0.5) is 0 Å². The Kier molecular flexibility index (Phi) is 0.471. The second-order valence-electron chi connectivity index (χ2n) is 7.82. The van der Waals surface area contributed by atoms with Gasteiger partial charge in [0.2, 0.25) is 0 Å². The first kappa shape index (κ1) is 5.92. The van der Waals surface area contributed by atoms with E-state index in [2.05, 4.69) is 0 Å². The number of hydrogen-bond acceptors (Lipinski definition) is 0. The van der Waals surface area contributed by atoms with Crippen molar-refractivity contribution >= 4 is 0 Å². The quantitative estimate of drug-likeness (QED) is 0.543. The third-order valence-corrected chi connectivity index (χ3v) is 9.18. The lowest BCUT2D eigenvalue weighted by atomic mass is 8.92. The molecule has 9 atom stereocenters. The molecule has 9 unspecified atom stereocenters. The van der Waals surface area contributed by atoms with Gasteiger partial charge in [0.25, 0.3) is 0 Å². The summed E-state index contributed by atoms with van der Waals surface area (Å²) in [6.07, 6.45) is 8.37. The Morgan fingerprint density at radius 1 is 0.929 bits per heavy atom. The zero-order chi connectivity index (χ0) is 8.50. The normalized spacial score (nSPS) is 96.0. The summed E-state index contributed by atoms with van der Waals surface area (Å²) < 4.78 is 0. The van der Waals surface area contributed by atoms with Crippen LogP contribution in [0.3, 0.4) is 0 Å². The second kappa shape index (κ2) is 1.11. The molecule has 7 aliphatic rings. The van der Waals surface area contributed by atoms with Gasteiger partial charge in [0.15, 0.2) is 0 Å². The molecule has 0 N–H and O–H groups in total. The van der Waals surface area contributed by atoms with Crippen molar-refractivity contribution in [2.24, 2.45) is 51.8 Å². The summed E-state index contributed by atoms with van der Waals surface area (Å²) in [4.78, 5) is 0. The lowest BCUT2D eigenvalue weighted by molar-refractivity contribution is -0.652. The van der Waals surface area contributed by atoms with E-state index in [0.717, 1.165) is 16.2 Å². The third kappa shape index (κ3) is 0.201. The zero-order valence-electron chi connectivity index (χ0n) is 8.50. The van der Waals surface area contributed by atoms with Crippen molar-refractivity contribution in [3.63, 3.8) is 0 Å². The molecule has 0 aromatic rings. The average molecular weight is 184 g/mol. The lowest BCUT2D eigenvalue weighted by Crippen LogP contribution is -3.08. The van der Waals surface area contributed by atoms with E-state index in [-0.39, 0.29) is 0 Å². The van der Waals surface area contributed by atoms with Crippen LogP contribution in [-0.2, 0) is 0 Å². The fraction of sp³-hybridized carbons (Fsp3) is 1.00.